The zero-order valence-corrected chi connectivity index (χ0v) is 12.4. The summed E-state index contributed by atoms with van der Waals surface area (Å²) >= 11 is 0. The maximum Gasteiger partial charge on any atom is 0.319 e. The second kappa shape index (κ2) is 7.08. The molecule has 1 aromatic rings. The van der Waals surface area contributed by atoms with Crippen molar-refractivity contribution in [1.82, 2.24) is 5.32 Å². The molecular weight excluding hydrogens is 270 g/mol. The first-order chi connectivity index (χ1) is 10.1. The lowest BCUT2D eigenvalue weighted by Gasteiger charge is -2.26. The van der Waals surface area contributed by atoms with Crippen molar-refractivity contribution >= 4 is 23.3 Å². The Hall–Kier alpha value is -2.08. The Labute approximate surface area is 124 Å². The summed E-state index contributed by atoms with van der Waals surface area (Å²) < 4.78 is 5.10. The fourth-order valence-corrected chi connectivity index (χ4v) is 1.99. The number of ether oxygens (including phenoxy) is 1. The van der Waals surface area contributed by atoms with Crippen LogP contribution in [0.4, 0.5) is 16.2 Å². The summed E-state index contributed by atoms with van der Waals surface area (Å²) in [6.45, 7) is 5.93. The number of rotatable bonds is 4. The van der Waals surface area contributed by atoms with Crippen LogP contribution in [0.3, 0.4) is 0 Å². The highest BCUT2D eigenvalue weighted by molar-refractivity contribution is 5.95. The molecule has 0 atom stereocenters. The van der Waals surface area contributed by atoms with E-state index in [1.807, 2.05) is 26.0 Å². The van der Waals surface area contributed by atoms with Crippen molar-refractivity contribution in [1.29, 1.82) is 0 Å². The maximum absolute atomic E-state index is 11.7. The van der Waals surface area contributed by atoms with E-state index in [0.29, 0.717) is 31.3 Å². The van der Waals surface area contributed by atoms with Gasteiger partial charge in [-0.25, -0.2) is 4.79 Å². The van der Waals surface area contributed by atoms with Gasteiger partial charge in [-0.3, -0.25) is 4.79 Å². The number of hydrogen-bond donors (Lipinski definition) is 2. The summed E-state index contributed by atoms with van der Waals surface area (Å²) in [5, 5.41) is 5.54. The van der Waals surface area contributed by atoms with Crippen molar-refractivity contribution in [2.24, 2.45) is 5.92 Å². The number of carbonyl (C=O) groups excluding carboxylic acids is 2. The molecule has 1 saturated heterocycles. The van der Waals surface area contributed by atoms with Crippen LogP contribution in [0.2, 0.25) is 0 Å². The molecule has 0 saturated carbocycles. The van der Waals surface area contributed by atoms with Crippen LogP contribution in [0.25, 0.3) is 0 Å². The largest absolute Gasteiger partial charge is 0.370 e. The summed E-state index contributed by atoms with van der Waals surface area (Å²) in [6, 6.07) is 6.99. The van der Waals surface area contributed by atoms with Crippen molar-refractivity contribution in [2.45, 2.75) is 13.8 Å². The first-order valence-corrected chi connectivity index (χ1v) is 7.09. The number of morpholine rings is 1. The van der Waals surface area contributed by atoms with E-state index in [0.717, 1.165) is 5.69 Å². The van der Waals surface area contributed by atoms with E-state index in [1.54, 1.807) is 17.0 Å². The van der Waals surface area contributed by atoms with Crippen LogP contribution in [0, 0.1) is 5.92 Å². The number of hydrogen-bond acceptors (Lipinski definition) is 3. The molecular formula is C15H21N3O3. The summed E-state index contributed by atoms with van der Waals surface area (Å²) in [4.78, 5) is 25.1. The minimum atomic E-state index is -0.223. The third kappa shape index (κ3) is 4.46. The van der Waals surface area contributed by atoms with Gasteiger partial charge >= 0.3 is 6.03 Å². The lowest BCUT2D eigenvalue weighted by Crippen LogP contribution is -2.41. The Morgan fingerprint density at radius 2 is 2.05 bits per heavy atom. The first kappa shape index (κ1) is 15.3. The molecule has 1 aromatic carbocycles. The third-order valence-electron chi connectivity index (χ3n) is 3.09. The van der Waals surface area contributed by atoms with Gasteiger partial charge in [0.25, 0.3) is 5.91 Å². The van der Waals surface area contributed by atoms with Gasteiger partial charge < -0.3 is 20.3 Å². The Bertz CT molecular complexity index is 499. The van der Waals surface area contributed by atoms with Gasteiger partial charge in [-0.1, -0.05) is 13.8 Å². The van der Waals surface area contributed by atoms with Gasteiger partial charge in [0.15, 0.2) is 0 Å². The SMILES string of the molecule is CC(C)CNC(=O)Nc1ccc(N2CCOCC2=O)cc1. The summed E-state index contributed by atoms with van der Waals surface area (Å²) in [5.74, 6) is 0.363. The highest BCUT2D eigenvalue weighted by Gasteiger charge is 2.19. The Morgan fingerprint density at radius 1 is 1.33 bits per heavy atom. The average molecular weight is 291 g/mol. The molecule has 1 aliphatic heterocycles. The molecule has 2 rings (SSSR count). The normalized spacial score (nSPS) is 15.2. The van der Waals surface area contributed by atoms with Crippen LogP contribution in [-0.2, 0) is 9.53 Å². The standard InChI is InChI=1S/C15H21N3O3/c1-11(2)9-16-15(20)17-12-3-5-13(6-4-12)18-7-8-21-10-14(18)19/h3-6,11H,7-10H2,1-2H3,(H2,16,17,20). The minimum absolute atomic E-state index is 0.0448. The van der Waals surface area contributed by atoms with E-state index >= 15 is 0 Å². The van der Waals surface area contributed by atoms with Crippen LogP contribution in [0.15, 0.2) is 24.3 Å². The zero-order valence-electron chi connectivity index (χ0n) is 12.4. The van der Waals surface area contributed by atoms with E-state index in [-0.39, 0.29) is 18.5 Å². The number of nitrogens with zero attached hydrogens (tertiary/aromatic N) is 1. The van der Waals surface area contributed by atoms with Gasteiger partial charge in [0.05, 0.1) is 6.61 Å². The number of anilines is 2. The van der Waals surface area contributed by atoms with E-state index in [1.165, 1.54) is 0 Å². The van der Waals surface area contributed by atoms with Gasteiger partial charge in [0, 0.05) is 24.5 Å². The minimum Gasteiger partial charge on any atom is -0.370 e. The van der Waals surface area contributed by atoms with Crippen molar-refractivity contribution < 1.29 is 14.3 Å². The molecule has 114 valence electrons. The van der Waals surface area contributed by atoms with Crippen molar-refractivity contribution in [3.63, 3.8) is 0 Å². The molecule has 1 heterocycles. The molecule has 0 radical (unpaired) electrons. The molecule has 2 N–H and O–H groups in total. The van der Waals surface area contributed by atoms with E-state index in [2.05, 4.69) is 10.6 Å². The lowest BCUT2D eigenvalue weighted by atomic mass is 10.2. The van der Waals surface area contributed by atoms with E-state index in [4.69, 9.17) is 4.74 Å². The van der Waals surface area contributed by atoms with Crippen LogP contribution in [-0.4, -0.2) is 38.2 Å². The number of nitrogens with one attached hydrogen (secondary N) is 2. The van der Waals surface area contributed by atoms with Crippen LogP contribution < -0.4 is 15.5 Å². The Kier molecular flexibility index (Phi) is 5.16. The van der Waals surface area contributed by atoms with Gasteiger partial charge in [-0.15, -0.1) is 0 Å². The van der Waals surface area contributed by atoms with Gasteiger partial charge in [-0.2, -0.15) is 0 Å². The first-order valence-electron chi connectivity index (χ1n) is 7.09. The fourth-order valence-electron chi connectivity index (χ4n) is 1.99. The molecule has 3 amide bonds. The molecule has 0 aromatic heterocycles. The Morgan fingerprint density at radius 3 is 2.67 bits per heavy atom. The smallest absolute Gasteiger partial charge is 0.319 e. The van der Waals surface area contributed by atoms with Crippen molar-refractivity contribution in [3.8, 4) is 0 Å². The Balaban J connectivity index is 1.92. The molecule has 0 aliphatic carbocycles. The molecule has 0 bridgehead atoms. The molecule has 21 heavy (non-hydrogen) atoms. The highest BCUT2D eigenvalue weighted by Crippen LogP contribution is 2.19. The monoisotopic (exact) mass is 291 g/mol. The van der Waals surface area contributed by atoms with Gasteiger partial charge in [0.1, 0.15) is 6.61 Å². The summed E-state index contributed by atoms with van der Waals surface area (Å²) in [6.07, 6.45) is 0. The second-order valence-corrected chi connectivity index (χ2v) is 5.37. The molecule has 6 heteroatoms. The van der Waals surface area contributed by atoms with Crippen LogP contribution in [0.5, 0.6) is 0 Å². The molecule has 6 nitrogen and oxygen atoms in total. The number of amides is 3. The van der Waals surface area contributed by atoms with Crippen molar-refractivity contribution in [2.75, 3.05) is 36.5 Å². The molecule has 1 aliphatic rings. The van der Waals surface area contributed by atoms with Gasteiger partial charge in [-0.05, 0) is 30.2 Å². The highest BCUT2D eigenvalue weighted by atomic mass is 16.5. The van der Waals surface area contributed by atoms with Gasteiger partial charge in [0.2, 0.25) is 0 Å². The molecule has 0 spiro atoms. The molecule has 0 unspecified atom stereocenters. The number of benzene rings is 1. The quantitative estimate of drug-likeness (QED) is 0.889. The predicted molar refractivity (Wildman–Crippen MR) is 81.5 cm³/mol. The lowest BCUT2D eigenvalue weighted by molar-refractivity contribution is -0.125. The van der Waals surface area contributed by atoms with E-state index < -0.39 is 0 Å². The fraction of sp³-hybridized carbons (Fsp3) is 0.467. The van der Waals surface area contributed by atoms with Crippen molar-refractivity contribution in [3.05, 3.63) is 24.3 Å². The predicted octanol–water partition coefficient (Wildman–Crippen LogP) is 1.83. The van der Waals surface area contributed by atoms with Crippen LogP contribution in [0.1, 0.15) is 13.8 Å². The van der Waals surface area contributed by atoms with Crippen LogP contribution >= 0.6 is 0 Å². The summed E-state index contributed by atoms with van der Waals surface area (Å²) in [7, 11) is 0. The summed E-state index contributed by atoms with van der Waals surface area (Å²) in [5.41, 5.74) is 1.51. The average Bonchev–Trinajstić information content (AvgIpc) is 2.47. The number of carbonyl (C=O) groups is 2. The zero-order chi connectivity index (χ0) is 15.2. The third-order valence-corrected chi connectivity index (χ3v) is 3.09. The van der Waals surface area contributed by atoms with E-state index in [9.17, 15) is 9.59 Å². The maximum atomic E-state index is 11.7. The topological polar surface area (TPSA) is 70.7 Å². The number of urea groups is 1. The second-order valence-electron chi connectivity index (χ2n) is 5.37. The molecule has 1 fully saturated rings.